The van der Waals surface area contributed by atoms with Crippen LogP contribution in [0, 0.1) is 23.2 Å². The van der Waals surface area contributed by atoms with Crippen molar-refractivity contribution in [3.05, 3.63) is 47.8 Å². The lowest BCUT2D eigenvalue weighted by Crippen LogP contribution is -2.28. The number of nitrogens with zero attached hydrogens (tertiary/aromatic N) is 4. The van der Waals surface area contributed by atoms with E-state index in [4.69, 9.17) is 10.2 Å². The first-order valence-electron chi connectivity index (χ1n) is 13.7. The maximum absolute atomic E-state index is 9.64. The van der Waals surface area contributed by atoms with E-state index in [1.54, 1.807) is 32.6 Å². The standard InChI is InChI=1S/C21H17N5OS.C10H21N/c1-4-12(9-23-2)16-11-25-21(24-3)19-15(16)7-17(27-19)18-13(8-22)5-6-14-10-26-28-20(14)18;1-3-8(2)9-4-6-10(11)7-5-9/h4-7,9-11H,1-3H3,(H,24,25);8-10H,3-7,11H2,1-2H3/b12-4+,23-9?;. The fraction of sp³-hybridized carbons (Fsp3) is 0.419. The van der Waals surface area contributed by atoms with Crippen LogP contribution >= 0.6 is 11.5 Å². The lowest BCUT2D eigenvalue weighted by atomic mass is 9.78. The topological polar surface area (TPSA) is 113 Å². The molecule has 5 rings (SSSR count). The fourth-order valence-corrected chi connectivity index (χ4v) is 6.11. The largest absolute Gasteiger partial charge is 0.452 e. The van der Waals surface area contributed by atoms with Gasteiger partial charge in [-0.1, -0.05) is 32.4 Å². The minimum Gasteiger partial charge on any atom is -0.452 e. The number of fused-ring (bicyclic) bond motifs is 2. The molecule has 1 fully saturated rings. The molecule has 8 heteroatoms. The summed E-state index contributed by atoms with van der Waals surface area (Å²) in [4.78, 5) is 8.64. The molecule has 1 unspecified atom stereocenters. The van der Waals surface area contributed by atoms with Crippen molar-refractivity contribution >= 4 is 50.2 Å². The molecule has 3 N–H and O–H groups in total. The van der Waals surface area contributed by atoms with Crippen LogP contribution in [0.15, 0.2) is 46.1 Å². The smallest absolute Gasteiger partial charge is 0.177 e. The van der Waals surface area contributed by atoms with Gasteiger partial charge in [-0.15, -0.1) is 0 Å². The van der Waals surface area contributed by atoms with Crippen molar-refractivity contribution < 1.29 is 4.42 Å². The predicted octanol–water partition coefficient (Wildman–Crippen LogP) is 7.67. The molecule has 3 aromatic heterocycles. The number of benzene rings is 1. The number of nitrogens with one attached hydrogen (secondary N) is 1. The van der Waals surface area contributed by atoms with Gasteiger partial charge in [-0.05, 0) is 73.7 Å². The van der Waals surface area contributed by atoms with Gasteiger partial charge >= 0.3 is 0 Å². The Morgan fingerprint density at radius 3 is 2.72 bits per heavy atom. The van der Waals surface area contributed by atoms with Crippen LogP contribution in [0.4, 0.5) is 5.82 Å². The molecule has 0 saturated heterocycles. The highest BCUT2D eigenvalue weighted by Gasteiger charge is 2.22. The van der Waals surface area contributed by atoms with Gasteiger partial charge in [0.15, 0.2) is 11.4 Å². The highest BCUT2D eigenvalue weighted by Crippen LogP contribution is 2.40. The van der Waals surface area contributed by atoms with Crippen molar-refractivity contribution in [1.29, 1.82) is 5.26 Å². The molecule has 0 radical (unpaired) electrons. The summed E-state index contributed by atoms with van der Waals surface area (Å²) in [6.07, 6.45) is 14.0. The average Bonchev–Trinajstić information content (AvgIpc) is 3.63. The van der Waals surface area contributed by atoms with E-state index in [1.807, 2.05) is 31.3 Å². The second-order valence-electron chi connectivity index (χ2n) is 10.2. The molecule has 204 valence electrons. The van der Waals surface area contributed by atoms with Crippen molar-refractivity contribution in [2.75, 3.05) is 19.4 Å². The van der Waals surface area contributed by atoms with E-state index in [-0.39, 0.29) is 0 Å². The van der Waals surface area contributed by atoms with Crippen molar-refractivity contribution in [1.82, 2.24) is 9.36 Å². The van der Waals surface area contributed by atoms with E-state index in [2.05, 4.69) is 39.6 Å². The summed E-state index contributed by atoms with van der Waals surface area (Å²) in [5.74, 6) is 3.15. The molecule has 1 atom stereocenters. The quantitative estimate of drug-likeness (QED) is 0.242. The second-order valence-corrected chi connectivity index (χ2v) is 11.0. The molecular formula is C31H38N6OS. The van der Waals surface area contributed by atoms with Crippen LogP contribution in [0.3, 0.4) is 0 Å². The maximum Gasteiger partial charge on any atom is 0.177 e. The predicted molar refractivity (Wildman–Crippen MR) is 164 cm³/mol. The van der Waals surface area contributed by atoms with Gasteiger partial charge in [-0.3, -0.25) is 4.99 Å². The van der Waals surface area contributed by atoms with Gasteiger partial charge < -0.3 is 15.5 Å². The van der Waals surface area contributed by atoms with E-state index in [0.717, 1.165) is 44.0 Å². The van der Waals surface area contributed by atoms with Crippen molar-refractivity contribution in [3.8, 4) is 17.4 Å². The maximum atomic E-state index is 9.64. The van der Waals surface area contributed by atoms with E-state index in [9.17, 15) is 5.26 Å². The van der Waals surface area contributed by atoms with Gasteiger partial charge in [0, 0.05) is 55.1 Å². The molecule has 0 amide bonds. The number of nitrogens with two attached hydrogens (primary N) is 1. The zero-order valence-electron chi connectivity index (χ0n) is 23.5. The third kappa shape index (κ3) is 6.05. The fourth-order valence-electron chi connectivity index (χ4n) is 5.31. The molecule has 0 spiro atoms. The Balaban J connectivity index is 0.000000270. The number of pyridine rings is 1. The number of hydrogen-bond acceptors (Lipinski definition) is 8. The van der Waals surface area contributed by atoms with E-state index >= 15 is 0 Å². The van der Waals surface area contributed by atoms with Gasteiger partial charge in [-0.2, -0.15) is 9.64 Å². The zero-order valence-corrected chi connectivity index (χ0v) is 24.3. The SMILES string of the molecule is C/C=C(\C=NC)c1cnc(NC)c2oc(-c3c(C#N)ccc4cnsc34)cc12.CCC(C)C1CCC(N)CC1. The van der Waals surface area contributed by atoms with Gasteiger partial charge in [0.2, 0.25) is 0 Å². The molecule has 1 aromatic carbocycles. The number of furan rings is 1. The number of aromatic nitrogens is 2. The van der Waals surface area contributed by atoms with Crippen LogP contribution in [0.25, 0.3) is 38.0 Å². The molecule has 7 nitrogen and oxygen atoms in total. The Hall–Kier alpha value is -3.54. The van der Waals surface area contributed by atoms with Crippen LogP contribution in [-0.4, -0.2) is 35.7 Å². The monoisotopic (exact) mass is 542 g/mol. The average molecular weight is 543 g/mol. The summed E-state index contributed by atoms with van der Waals surface area (Å²) in [7, 11) is 3.54. The number of aliphatic imine (C=N–C) groups is 1. The Labute approximate surface area is 235 Å². The summed E-state index contributed by atoms with van der Waals surface area (Å²) in [5.41, 5.74) is 9.67. The number of nitriles is 1. The molecule has 1 aliphatic carbocycles. The number of anilines is 1. The first-order chi connectivity index (χ1) is 18.9. The molecule has 0 aliphatic heterocycles. The summed E-state index contributed by atoms with van der Waals surface area (Å²) < 4.78 is 11.4. The summed E-state index contributed by atoms with van der Waals surface area (Å²) in [6, 6.07) is 8.46. The molecule has 39 heavy (non-hydrogen) atoms. The number of hydrogen-bond donors (Lipinski definition) is 2. The van der Waals surface area contributed by atoms with Gasteiger partial charge in [0.25, 0.3) is 0 Å². The Bertz CT molecular complexity index is 1520. The second kappa shape index (κ2) is 13.0. The van der Waals surface area contributed by atoms with Gasteiger partial charge in [0.05, 0.1) is 21.9 Å². The zero-order chi connectivity index (χ0) is 27.9. The normalized spacial score (nSPS) is 18.6. The van der Waals surface area contributed by atoms with Crippen LogP contribution in [0.1, 0.15) is 64.0 Å². The third-order valence-corrected chi connectivity index (χ3v) is 8.68. The first kappa shape index (κ1) is 28.5. The molecule has 4 aromatic rings. The Morgan fingerprint density at radius 1 is 1.31 bits per heavy atom. The first-order valence-corrected chi connectivity index (χ1v) is 14.4. The van der Waals surface area contributed by atoms with Crippen molar-refractivity contribution in [2.45, 2.75) is 58.9 Å². The van der Waals surface area contributed by atoms with Crippen LogP contribution in [-0.2, 0) is 0 Å². The minimum absolute atomic E-state index is 0.510. The van der Waals surface area contributed by atoms with E-state index in [0.29, 0.717) is 28.8 Å². The highest BCUT2D eigenvalue weighted by atomic mass is 32.1. The summed E-state index contributed by atoms with van der Waals surface area (Å²) >= 11 is 1.36. The Kier molecular flexibility index (Phi) is 9.50. The van der Waals surface area contributed by atoms with E-state index < -0.39 is 0 Å². The summed E-state index contributed by atoms with van der Waals surface area (Å²) in [6.45, 7) is 6.63. The molecule has 1 saturated carbocycles. The minimum atomic E-state index is 0.510. The van der Waals surface area contributed by atoms with Crippen molar-refractivity contribution in [2.24, 2.45) is 22.6 Å². The lowest BCUT2D eigenvalue weighted by molar-refractivity contribution is 0.241. The van der Waals surface area contributed by atoms with Crippen molar-refractivity contribution in [3.63, 3.8) is 0 Å². The summed E-state index contributed by atoms with van der Waals surface area (Å²) in [5, 5.41) is 14.6. The van der Waals surface area contributed by atoms with Crippen LogP contribution in [0.5, 0.6) is 0 Å². The molecular weight excluding hydrogens is 504 g/mol. The number of rotatable bonds is 6. The van der Waals surface area contributed by atoms with Crippen LogP contribution in [0.2, 0.25) is 0 Å². The van der Waals surface area contributed by atoms with E-state index in [1.165, 1.54) is 43.6 Å². The van der Waals surface area contributed by atoms with Crippen LogP contribution < -0.4 is 11.1 Å². The van der Waals surface area contributed by atoms with Gasteiger partial charge in [-0.25, -0.2) is 4.98 Å². The lowest BCUT2D eigenvalue weighted by Gasteiger charge is -2.29. The molecule has 1 aliphatic rings. The highest BCUT2D eigenvalue weighted by molar-refractivity contribution is 7.14. The third-order valence-electron chi connectivity index (χ3n) is 7.84. The number of allylic oxidation sites excluding steroid dienone is 2. The Morgan fingerprint density at radius 2 is 2.08 bits per heavy atom. The molecule has 3 heterocycles. The van der Waals surface area contributed by atoms with Gasteiger partial charge in [0.1, 0.15) is 5.76 Å². The molecule has 0 bridgehead atoms.